The molecule has 1 aromatic heterocycles. The fraction of sp³-hybridized carbons (Fsp3) is 0.400. The van der Waals surface area contributed by atoms with Crippen molar-refractivity contribution in [3.8, 4) is 0 Å². The molecule has 19 heavy (non-hydrogen) atoms. The van der Waals surface area contributed by atoms with Crippen molar-refractivity contribution in [1.29, 1.82) is 0 Å². The highest BCUT2D eigenvalue weighted by atomic mass is 32.1. The van der Waals surface area contributed by atoms with Crippen molar-refractivity contribution in [1.82, 2.24) is 4.98 Å². The van der Waals surface area contributed by atoms with Gasteiger partial charge in [-0.3, -0.25) is 0 Å². The quantitative estimate of drug-likeness (QED) is 0.894. The van der Waals surface area contributed by atoms with Crippen LogP contribution in [0.5, 0.6) is 0 Å². The van der Waals surface area contributed by atoms with Crippen LogP contribution in [0, 0.1) is 12.7 Å². The van der Waals surface area contributed by atoms with Crippen LogP contribution >= 0.6 is 11.3 Å². The van der Waals surface area contributed by atoms with Crippen molar-refractivity contribution in [2.24, 2.45) is 0 Å². The smallest absolute Gasteiger partial charge is 0.128 e. The third-order valence-corrected chi connectivity index (χ3v) is 3.87. The molecule has 2 nitrogen and oxygen atoms in total. The lowest BCUT2D eigenvalue weighted by Crippen LogP contribution is -2.12. The van der Waals surface area contributed by atoms with Gasteiger partial charge in [0.2, 0.25) is 0 Å². The Morgan fingerprint density at radius 2 is 2.05 bits per heavy atom. The Labute approximate surface area is 117 Å². The van der Waals surface area contributed by atoms with E-state index in [4.69, 9.17) is 0 Å². The van der Waals surface area contributed by atoms with Gasteiger partial charge in [0, 0.05) is 22.0 Å². The minimum Gasteiger partial charge on any atom is -0.378 e. The summed E-state index contributed by atoms with van der Waals surface area (Å²) >= 11 is 1.64. The number of nitrogens with zero attached hydrogens (tertiary/aromatic N) is 1. The number of hydrogen-bond donors (Lipinski definition) is 1. The molecule has 4 heteroatoms. The summed E-state index contributed by atoms with van der Waals surface area (Å²) < 4.78 is 13.4. The highest BCUT2D eigenvalue weighted by Gasteiger charge is 2.17. The molecular weight excluding hydrogens is 259 g/mol. The number of rotatable bonds is 3. The molecule has 1 N–H and O–H groups in total. The molecule has 102 valence electrons. The van der Waals surface area contributed by atoms with Gasteiger partial charge in [-0.2, -0.15) is 0 Å². The lowest BCUT2D eigenvalue weighted by molar-refractivity contribution is 0.571. The molecule has 1 aromatic carbocycles. The predicted octanol–water partition coefficient (Wildman–Crippen LogP) is 4.50. The summed E-state index contributed by atoms with van der Waals surface area (Å²) in [7, 11) is 0. The van der Waals surface area contributed by atoms with Gasteiger partial charge in [0.15, 0.2) is 0 Å². The largest absolute Gasteiger partial charge is 0.378 e. The Morgan fingerprint density at radius 1 is 1.32 bits per heavy atom. The summed E-state index contributed by atoms with van der Waals surface area (Å²) in [5, 5.41) is 6.36. The Morgan fingerprint density at radius 3 is 2.68 bits per heavy atom. The van der Waals surface area contributed by atoms with E-state index >= 15 is 0 Å². The summed E-state index contributed by atoms with van der Waals surface area (Å²) in [4.78, 5) is 4.61. The molecule has 2 aromatic rings. The summed E-state index contributed by atoms with van der Waals surface area (Å²) in [5.74, 6) is -0.181. The highest BCUT2D eigenvalue weighted by molar-refractivity contribution is 7.09. The summed E-state index contributed by atoms with van der Waals surface area (Å²) in [6, 6.07) is 5.07. The van der Waals surface area contributed by atoms with Crippen molar-refractivity contribution in [2.45, 2.75) is 39.7 Å². The van der Waals surface area contributed by atoms with Crippen LogP contribution in [0.15, 0.2) is 23.6 Å². The molecule has 0 unspecified atom stereocenters. The number of thiazole rings is 1. The molecule has 0 fully saturated rings. The van der Waals surface area contributed by atoms with E-state index in [1.165, 1.54) is 6.07 Å². The minimum absolute atomic E-state index is 0.0729. The fourth-order valence-corrected chi connectivity index (χ4v) is 2.67. The maximum atomic E-state index is 13.4. The second-order valence-electron chi connectivity index (χ2n) is 5.64. The molecule has 0 aliphatic heterocycles. The number of anilines is 1. The average Bonchev–Trinajstić information content (AvgIpc) is 2.79. The maximum Gasteiger partial charge on any atom is 0.128 e. The van der Waals surface area contributed by atoms with E-state index in [-0.39, 0.29) is 11.2 Å². The number of hydrogen-bond acceptors (Lipinski definition) is 3. The van der Waals surface area contributed by atoms with E-state index in [0.29, 0.717) is 12.1 Å². The molecule has 0 aliphatic carbocycles. The van der Waals surface area contributed by atoms with Crippen molar-refractivity contribution >= 4 is 17.0 Å². The van der Waals surface area contributed by atoms with Crippen LogP contribution in [0.25, 0.3) is 0 Å². The second-order valence-corrected chi connectivity index (χ2v) is 6.59. The van der Waals surface area contributed by atoms with Crippen molar-refractivity contribution in [2.75, 3.05) is 5.32 Å². The topological polar surface area (TPSA) is 24.9 Å². The SMILES string of the molecule is Cc1c(F)cccc1NCc1nc(C(C)(C)C)cs1. The minimum atomic E-state index is -0.181. The van der Waals surface area contributed by atoms with Gasteiger partial charge in [-0.05, 0) is 19.1 Å². The van der Waals surface area contributed by atoms with Gasteiger partial charge in [0.25, 0.3) is 0 Å². The van der Waals surface area contributed by atoms with Gasteiger partial charge in [0.05, 0.1) is 12.2 Å². The number of halogens is 1. The standard InChI is InChI=1S/C15H19FN2S/c1-10-11(16)6-5-7-12(10)17-8-14-18-13(9-19-14)15(2,3)4/h5-7,9,17H,8H2,1-4H3. The van der Waals surface area contributed by atoms with Crippen molar-refractivity contribution < 1.29 is 4.39 Å². The van der Waals surface area contributed by atoms with Gasteiger partial charge in [-0.1, -0.05) is 26.8 Å². The number of nitrogens with one attached hydrogen (secondary N) is 1. The first kappa shape index (κ1) is 14.0. The van der Waals surface area contributed by atoms with Gasteiger partial charge < -0.3 is 5.32 Å². The Bertz CT molecular complexity index is 570. The fourth-order valence-electron chi connectivity index (χ4n) is 1.71. The summed E-state index contributed by atoms with van der Waals surface area (Å²) in [6.07, 6.45) is 0. The second kappa shape index (κ2) is 5.29. The number of aromatic nitrogens is 1. The molecule has 0 bridgehead atoms. The Balaban J connectivity index is 2.07. The molecule has 0 spiro atoms. The van der Waals surface area contributed by atoms with Crippen molar-refractivity contribution in [3.05, 3.63) is 45.7 Å². The van der Waals surface area contributed by atoms with Gasteiger partial charge in [-0.15, -0.1) is 11.3 Å². The average molecular weight is 278 g/mol. The molecule has 0 amide bonds. The van der Waals surface area contributed by atoms with Gasteiger partial charge in [0.1, 0.15) is 10.8 Å². The summed E-state index contributed by atoms with van der Waals surface area (Å²) in [5.41, 5.74) is 2.65. The Kier molecular flexibility index (Phi) is 3.90. The van der Waals surface area contributed by atoms with Crippen LogP contribution in [0.3, 0.4) is 0 Å². The molecule has 0 aliphatic rings. The maximum absolute atomic E-state index is 13.4. The lowest BCUT2D eigenvalue weighted by atomic mass is 9.93. The van der Waals surface area contributed by atoms with Crippen molar-refractivity contribution in [3.63, 3.8) is 0 Å². The normalized spacial score (nSPS) is 11.6. The van der Waals surface area contributed by atoms with E-state index in [1.807, 2.05) is 6.07 Å². The van der Waals surface area contributed by atoms with Crippen LogP contribution in [-0.2, 0) is 12.0 Å². The van der Waals surface area contributed by atoms with E-state index in [1.54, 1.807) is 24.3 Å². The zero-order valence-electron chi connectivity index (χ0n) is 11.7. The monoisotopic (exact) mass is 278 g/mol. The molecule has 0 radical (unpaired) electrons. The molecule has 1 heterocycles. The molecule has 0 saturated carbocycles. The van der Waals surface area contributed by atoms with E-state index in [9.17, 15) is 4.39 Å². The zero-order chi connectivity index (χ0) is 14.0. The van der Waals surface area contributed by atoms with Crippen LogP contribution in [-0.4, -0.2) is 4.98 Å². The predicted molar refractivity (Wildman–Crippen MR) is 79.3 cm³/mol. The first-order valence-electron chi connectivity index (χ1n) is 6.32. The van der Waals surface area contributed by atoms with E-state index in [2.05, 4.69) is 36.5 Å². The molecule has 0 atom stereocenters. The Hall–Kier alpha value is -1.42. The highest BCUT2D eigenvalue weighted by Crippen LogP contribution is 2.25. The van der Waals surface area contributed by atoms with Crippen LogP contribution in [0.2, 0.25) is 0 Å². The third-order valence-electron chi connectivity index (χ3n) is 3.02. The van der Waals surface area contributed by atoms with E-state index in [0.717, 1.165) is 16.4 Å². The van der Waals surface area contributed by atoms with E-state index < -0.39 is 0 Å². The van der Waals surface area contributed by atoms with Gasteiger partial charge in [-0.25, -0.2) is 9.37 Å². The molecular formula is C15H19FN2S. The zero-order valence-corrected chi connectivity index (χ0v) is 12.6. The first-order chi connectivity index (χ1) is 8.88. The van der Waals surface area contributed by atoms with Crippen LogP contribution in [0.4, 0.5) is 10.1 Å². The summed E-state index contributed by atoms with van der Waals surface area (Å²) in [6.45, 7) is 8.85. The third kappa shape index (κ3) is 3.32. The molecule has 2 rings (SSSR count). The van der Waals surface area contributed by atoms with Crippen LogP contribution < -0.4 is 5.32 Å². The molecule has 0 saturated heterocycles. The lowest BCUT2D eigenvalue weighted by Gasteiger charge is -2.14. The van der Waals surface area contributed by atoms with Crippen LogP contribution in [0.1, 0.15) is 37.0 Å². The first-order valence-corrected chi connectivity index (χ1v) is 7.20. The number of benzene rings is 1. The van der Waals surface area contributed by atoms with Gasteiger partial charge >= 0.3 is 0 Å².